The van der Waals surface area contributed by atoms with Gasteiger partial charge in [0.05, 0.1) is 5.69 Å². The van der Waals surface area contributed by atoms with E-state index in [2.05, 4.69) is 10.3 Å². The van der Waals surface area contributed by atoms with Crippen molar-refractivity contribution < 1.29 is 9.59 Å². The Balaban J connectivity index is 1.80. The Morgan fingerprint density at radius 1 is 0.926 bits per heavy atom. The van der Waals surface area contributed by atoms with Crippen LogP contribution in [0, 0.1) is 0 Å². The smallest absolute Gasteiger partial charge is 0.282 e. The van der Waals surface area contributed by atoms with Crippen LogP contribution in [0.4, 0.5) is 11.4 Å². The van der Waals surface area contributed by atoms with Crippen LogP contribution in [0.5, 0.6) is 0 Å². The van der Waals surface area contributed by atoms with E-state index in [0.29, 0.717) is 30.5 Å². The number of nitrogens with zero attached hydrogens (tertiary/aromatic N) is 2. The summed E-state index contributed by atoms with van der Waals surface area (Å²) in [7, 11) is 0. The molecule has 0 radical (unpaired) electrons. The predicted octanol–water partition coefficient (Wildman–Crippen LogP) is 3.43. The van der Waals surface area contributed by atoms with Gasteiger partial charge >= 0.3 is 0 Å². The van der Waals surface area contributed by atoms with Crippen LogP contribution < -0.4 is 15.3 Å². The number of rotatable bonds is 7. The van der Waals surface area contributed by atoms with Gasteiger partial charge in [0.1, 0.15) is 5.57 Å². The Bertz CT molecular complexity index is 832. The van der Waals surface area contributed by atoms with Crippen molar-refractivity contribution in [2.24, 2.45) is 0 Å². The quantitative estimate of drug-likeness (QED) is 0.437. The van der Waals surface area contributed by atoms with Gasteiger partial charge in [0, 0.05) is 30.5 Å². The maximum Gasteiger partial charge on any atom is 0.282 e. The normalized spacial score (nSPS) is 15.3. The molecule has 5 nitrogen and oxygen atoms in total. The molecule has 0 aliphatic carbocycles. The summed E-state index contributed by atoms with van der Waals surface area (Å²) < 4.78 is 0. The lowest BCUT2D eigenvalue weighted by atomic mass is 10.1. The number of carbonyl (C=O) groups is 2. The number of amides is 2. The van der Waals surface area contributed by atoms with E-state index in [4.69, 9.17) is 23.2 Å². The Morgan fingerprint density at radius 3 is 2.15 bits per heavy atom. The van der Waals surface area contributed by atoms with E-state index in [9.17, 15) is 9.59 Å². The average molecular weight is 404 g/mol. The van der Waals surface area contributed by atoms with Gasteiger partial charge < -0.3 is 4.90 Å². The highest BCUT2D eigenvalue weighted by Gasteiger charge is 2.34. The maximum atomic E-state index is 12.6. The largest absolute Gasteiger partial charge is 0.369 e. The number of benzene rings is 2. The highest BCUT2D eigenvalue weighted by Crippen LogP contribution is 2.22. The molecule has 0 saturated carbocycles. The fourth-order valence-electron chi connectivity index (χ4n) is 2.84. The summed E-state index contributed by atoms with van der Waals surface area (Å²) in [6.07, 6.45) is 1.60. The number of hydrogen-bond donors (Lipinski definition) is 1. The third-order valence-electron chi connectivity index (χ3n) is 4.18. The van der Waals surface area contributed by atoms with Gasteiger partial charge in [0.25, 0.3) is 11.8 Å². The SMILES string of the molecule is O=C1NN(c2ccccc2)C(=O)/C1=C/c1ccc(N(CCCl)CCCl)cc1. The third kappa shape index (κ3) is 4.43. The second kappa shape index (κ2) is 8.93. The Hall–Kier alpha value is -2.50. The third-order valence-corrected chi connectivity index (χ3v) is 4.52. The first kappa shape index (κ1) is 19.3. The number of para-hydroxylation sites is 1. The molecule has 0 atom stereocenters. The van der Waals surface area contributed by atoms with Crippen LogP contribution in [0.25, 0.3) is 6.08 Å². The molecular formula is C20H19Cl2N3O2. The number of carbonyl (C=O) groups excluding carboxylic acids is 2. The van der Waals surface area contributed by atoms with E-state index < -0.39 is 5.91 Å². The van der Waals surface area contributed by atoms with E-state index in [0.717, 1.165) is 11.3 Å². The number of hydrazine groups is 1. The van der Waals surface area contributed by atoms with E-state index in [1.807, 2.05) is 42.5 Å². The average Bonchev–Trinajstić information content (AvgIpc) is 2.97. The molecule has 3 rings (SSSR count). The first-order valence-electron chi connectivity index (χ1n) is 8.53. The number of hydrogen-bond acceptors (Lipinski definition) is 3. The molecule has 0 bridgehead atoms. The Kier molecular flexibility index (Phi) is 6.37. The summed E-state index contributed by atoms with van der Waals surface area (Å²) in [5, 5.41) is 1.26. The lowest BCUT2D eigenvalue weighted by Crippen LogP contribution is -2.35. The molecule has 0 aromatic heterocycles. The van der Waals surface area contributed by atoms with Gasteiger partial charge in [-0.05, 0) is 35.9 Å². The van der Waals surface area contributed by atoms with Crippen LogP contribution in [0.3, 0.4) is 0 Å². The monoisotopic (exact) mass is 403 g/mol. The highest BCUT2D eigenvalue weighted by atomic mass is 35.5. The van der Waals surface area contributed by atoms with Crippen molar-refractivity contribution in [2.75, 3.05) is 34.8 Å². The van der Waals surface area contributed by atoms with Gasteiger partial charge in [-0.25, -0.2) is 5.01 Å². The molecule has 0 unspecified atom stereocenters. The summed E-state index contributed by atoms with van der Waals surface area (Å²) in [5.74, 6) is 0.222. The molecular weight excluding hydrogens is 385 g/mol. The van der Waals surface area contributed by atoms with Crippen molar-refractivity contribution in [1.82, 2.24) is 5.43 Å². The first-order chi connectivity index (χ1) is 13.1. The Labute approximate surface area is 168 Å². The molecule has 2 amide bonds. The molecule has 1 aliphatic heterocycles. The minimum Gasteiger partial charge on any atom is -0.369 e. The zero-order chi connectivity index (χ0) is 19.2. The van der Waals surface area contributed by atoms with Crippen LogP contribution >= 0.6 is 23.2 Å². The van der Waals surface area contributed by atoms with Gasteiger partial charge in [0.15, 0.2) is 0 Å². The van der Waals surface area contributed by atoms with Crippen molar-refractivity contribution in [3.8, 4) is 0 Å². The minimum absolute atomic E-state index is 0.102. The molecule has 2 aromatic rings. The summed E-state index contributed by atoms with van der Waals surface area (Å²) in [5.41, 5.74) is 5.07. The zero-order valence-electron chi connectivity index (χ0n) is 14.6. The second-order valence-electron chi connectivity index (χ2n) is 5.93. The minimum atomic E-state index is -0.418. The fraction of sp³-hybridized carbons (Fsp3) is 0.200. The molecule has 1 aliphatic rings. The van der Waals surface area contributed by atoms with Gasteiger partial charge in [-0.2, -0.15) is 0 Å². The van der Waals surface area contributed by atoms with Crippen LogP contribution in [0.15, 0.2) is 60.2 Å². The lowest BCUT2D eigenvalue weighted by Gasteiger charge is -2.22. The molecule has 140 valence electrons. The van der Waals surface area contributed by atoms with Crippen molar-refractivity contribution in [3.05, 3.63) is 65.7 Å². The molecule has 1 heterocycles. The molecule has 0 spiro atoms. The molecule has 1 N–H and O–H groups in total. The van der Waals surface area contributed by atoms with Crippen LogP contribution in [0.1, 0.15) is 5.56 Å². The number of halogens is 2. The predicted molar refractivity (Wildman–Crippen MR) is 110 cm³/mol. The second-order valence-corrected chi connectivity index (χ2v) is 6.69. The lowest BCUT2D eigenvalue weighted by molar-refractivity contribution is -0.117. The van der Waals surface area contributed by atoms with E-state index in [1.54, 1.807) is 18.2 Å². The summed E-state index contributed by atoms with van der Waals surface area (Å²) >= 11 is 11.7. The van der Waals surface area contributed by atoms with E-state index in [1.165, 1.54) is 5.01 Å². The van der Waals surface area contributed by atoms with Crippen LogP contribution in [-0.4, -0.2) is 36.7 Å². The van der Waals surface area contributed by atoms with Crippen molar-refractivity contribution >= 4 is 52.5 Å². The van der Waals surface area contributed by atoms with Crippen molar-refractivity contribution in [2.45, 2.75) is 0 Å². The molecule has 2 aromatic carbocycles. The van der Waals surface area contributed by atoms with Crippen molar-refractivity contribution in [3.63, 3.8) is 0 Å². The first-order valence-corrected chi connectivity index (χ1v) is 9.60. The molecule has 1 fully saturated rings. The number of alkyl halides is 2. The number of anilines is 2. The maximum absolute atomic E-state index is 12.6. The van der Waals surface area contributed by atoms with Crippen LogP contribution in [-0.2, 0) is 9.59 Å². The zero-order valence-corrected chi connectivity index (χ0v) is 16.1. The highest BCUT2D eigenvalue weighted by molar-refractivity contribution is 6.31. The van der Waals surface area contributed by atoms with Gasteiger partial charge in [0.2, 0.25) is 0 Å². The summed E-state index contributed by atoms with van der Waals surface area (Å²) in [4.78, 5) is 26.9. The van der Waals surface area contributed by atoms with Crippen molar-refractivity contribution in [1.29, 1.82) is 0 Å². The fourth-order valence-corrected chi connectivity index (χ4v) is 3.25. The van der Waals surface area contributed by atoms with E-state index >= 15 is 0 Å². The van der Waals surface area contributed by atoms with Gasteiger partial charge in [-0.1, -0.05) is 30.3 Å². The standard InChI is InChI=1S/C20H19Cl2N3O2/c21-10-12-24(13-11-22)16-8-6-15(7-9-16)14-18-19(26)23-25(20(18)27)17-4-2-1-3-5-17/h1-9,14H,10-13H2,(H,23,26)/b18-14+. The Morgan fingerprint density at radius 2 is 1.56 bits per heavy atom. The van der Waals surface area contributed by atoms with Gasteiger partial charge in [-0.3, -0.25) is 15.0 Å². The number of nitrogens with one attached hydrogen (secondary N) is 1. The topological polar surface area (TPSA) is 52.7 Å². The molecule has 7 heteroatoms. The van der Waals surface area contributed by atoms with E-state index in [-0.39, 0.29) is 11.5 Å². The molecule has 1 saturated heterocycles. The summed E-state index contributed by atoms with van der Waals surface area (Å²) in [6, 6.07) is 16.6. The summed E-state index contributed by atoms with van der Waals surface area (Å²) in [6.45, 7) is 1.39. The van der Waals surface area contributed by atoms with Crippen LogP contribution in [0.2, 0.25) is 0 Å². The van der Waals surface area contributed by atoms with Gasteiger partial charge in [-0.15, -0.1) is 23.2 Å². The molecule has 27 heavy (non-hydrogen) atoms.